The Labute approximate surface area is 378 Å². The van der Waals surface area contributed by atoms with Crippen molar-refractivity contribution in [2.45, 2.75) is 77.0 Å². The molecule has 0 atom stereocenters. The SMILES string of the molecule is c1ccc2c(c1)C1=NC/2=N\c2c3ccccc3c3n2[Si](OCC24CC5CC(CC(C5)C2)C4)(OCC24CC5CC(CC(C5)C2)C4)n2/c(c4ccccc4/c2=N/C2=NC(=N\3)/c3ccccc32)=N\1. The average Bonchev–Trinajstić information content (AvgIpc) is 4.02. The van der Waals surface area contributed by atoms with E-state index in [9.17, 15) is 0 Å². The molecule has 4 aromatic carbocycles. The largest absolute Gasteiger partial charge is 0.603 e. The summed E-state index contributed by atoms with van der Waals surface area (Å²) in [7, 11) is -4.19. The minimum atomic E-state index is -4.19. The van der Waals surface area contributed by atoms with Crippen LogP contribution in [0.4, 0.5) is 11.6 Å². The highest BCUT2D eigenvalue weighted by Gasteiger charge is 2.59. The Balaban J connectivity index is 1.07. The van der Waals surface area contributed by atoms with Gasteiger partial charge in [-0.25, -0.2) is 30.0 Å². The second-order valence-corrected chi connectivity index (χ2v) is 24.6. The summed E-state index contributed by atoms with van der Waals surface area (Å²) in [5, 5.41) is 3.94. The summed E-state index contributed by atoms with van der Waals surface area (Å²) in [5.41, 5.74) is 5.52. The third-order valence-corrected chi connectivity index (χ3v) is 20.8. The maximum absolute atomic E-state index is 8.36. The summed E-state index contributed by atoms with van der Waals surface area (Å²) in [6.07, 6.45) is 15.5. The van der Waals surface area contributed by atoms with Gasteiger partial charge in [-0.2, -0.15) is 0 Å². The number of aliphatic imine (C=N–C) groups is 4. The molecule has 0 amide bonds. The fourth-order valence-corrected chi connectivity index (χ4v) is 19.7. The van der Waals surface area contributed by atoms with Crippen LogP contribution in [-0.2, 0) is 8.85 Å². The molecule has 0 radical (unpaired) electrons. The Hall–Kier alpha value is -5.62. The third-order valence-electron chi connectivity index (χ3n) is 17.8. The second kappa shape index (κ2) is 12.8. The van der Waals surface area contributed by atoms with Crippen molar-refractivity contribution in [3.63, 3.8) is 0 Å². The molecule has 6 heterocycles. The van der Waals surface area contributed by atoms with E-state index in [1.165, 1.54) is 77.0 Å². The molecular weight excluding hydrogens is 821 g/mol. The topological polar surface area (TPSA) is 102 Å². The fraction of sp³-hybridized carbons (Fsp3) is 0.407. The third kappa shape index (κ3) is 5.12. The first-order valence-corrected chi connectivity index (χ1v) is 26.2. The van der Waals surface area contributed by atoms with E-state index in [0.717, 1.165) is 102 Å². The number of amidine groups is 4. The van der Waals surface area contributed by atoms with Gasteiger partial charge in [0.05, 0.1) is 0 Å². The Kier molecular flexibility index (Phi) is 7.22. The summed E-state index contributed by atoms with van der Waals surface area (Å²) in [5.74, 6) is 8.69. The normalized spacial score (nSPS) is 36.2. The number of benzene rings is 4. The highest BCUT2D eigenvalue weighted by molar-refractivity contribution is 6.66. The zero-order valence-corrected chi connectivity index (χ0v) is 37.5. The molecule has 2 aromatic heterocycles. The fourth-order valence-electron chi connectivity index (χ4n) is 16.2. The lowest BCUT2D eigenvalue weighted by molar-refractivity contribution is -0.0962. The molecular formula is C54H50N8O2Si. The van der Waals surface area contributed by atoms with Crippen molar-refractivity contribution >= 4 is 65.4 Å². The number of rotatable bonds is 6. The monoisotopic (exact) mass is 870 g/mol. The first-order valence-electron chi connectivity index (χ1n) is 24.5. The molecule has 18 rings (SSSR count). The standard InChI is InChI=1S/C54H50N8O2Si/c1-2-10-38-37(9-1)45-55-46(38)58-50-43-15-7-8-16-44(43)52-60-48-40-12-4-3-11-39(40)47(56-48)59-51-42-14-6-5-13-41(42)49(57-45)61(51)65(62(50)52,63-29-53-23-31-17-32(24-53)19-33(18-31)25-53)64-30-54-26-34-20-35(27-54)22-36(21-34)28-54/h1-16,31-36H,17-30H2/b57-45-,57-49?,58-46?,58-50-,59-47-,59-51?,60-48?,60-52-. The molecule has 8 aliphatic carbocycles. The van der Waals surface area contributed by atoms with Crippen molar-refractivity contribution in [2.75, 3.05) is 13.2 Å². The van der Waals surface area contributed by atoms with E-state index in [-0.39, 0.29) is 10.8 Å². The highest BCUT2D eigenvalue weighted by atomic mass is 28.4. The van der Waals surface area contributed by atoms with Crippen LogP contribution in [0.25, 0.3) is 21.5 Å². The molecule has 4 aliphatic heterocycles. The van der Waals surface area contributed by atoms with Gasteiger partial charge in [0, 0.05) is 57.0 Å². The van der Waals surface area contributed by atoms with Crippen molar-refractivity contribution in [3.8, 4) is 0 Å². The predicted molar refractivity (Wildman–Crippen MR) is 254 cm³/mol. The lowest BCUT2D eigenvalue weighted by Crippen LogP contribution is -2.66. The van der Waals surface area contributed by atoms with E-state index in [1.54, 1.807) is 0 Å². The van der Waals surface area contributed by atoms with Gasteiger partial charge >= 0.3 is 8.88 Å². The van der Waals surface area contributed by atoms with E-state index in [0.29, 0.717) is 36.6 Å². The number of aromatic nitrogens is 2. The molecule has 12 aliphatic rings. The molecule has 8 fully saturated rings. The Bertz CT molecular complexity index is 3100. The number of hydrogen-bond donors (Lipinski definition) is 0. The minimum absolute atomic E-state index is 0.0791. The van der Waals surface area contributed by atoms with E-state index >= 15 is 0 Å². The van der Waals surface area contributed by atoms with Crippen molar-refractivity contribution < 1.29 is 8.85 Å². The molecule has 14 bridgehead atoms. The van der Waals surface area contributed by atoms with Crippen LogP contribution in [0.5, 0.6) is 0 Å². The van der Waals surface area contributed by atoms with Gasteiger partial charge in [-0.1, -0.05) is 97.1 Å². The van der Waals surface area contributed by atoms with Gasteiger partial charge in [0.25, 0.3) is 0 Å². The summed E-state index contributed by atoms with van der Waals surface area (Å²) in [4.78, 5) is 33.6. The van der Waals surface area contributed by atoms with Gasteiger partial charge in [-0.3, -0.25) is 8.47 Å². The molecule has 6 aromatic rings. The van der Waals surface area contributed by atoms with Gasteiger partial charge in [-0.05, 0) is 123 Å². The molecule has 10 nitrogen and oxygen atoms in total. The summed E-state index contributed by atoms with van der Waals surface area (Å²) in [6.45, 7) is 1.22. The average molecular weight is 871 g/mol. The smallest absolute Gasteiger partial charge is 0.360 e. The van der Waals surface area contributed by atoms with Crippen molar-refractivity contribution in [1.82, 2.24) is 8.47 Å². The molecule has 0 saturated heterocycles. The van der Waals surface area contributed by atoms with Gasteiger partial charge in [0.1, 0.15) is 22.6 Å². The minimum Gasteiger partial charge on any atom is -0.360 e. The first-order chi connectivity index (χ1) is 32.0. The van der Waals surface area contributed by atoms with E-state index in [4.69, 9.17) is 38.8 Å². The van der Waals surface area contributed by atoms with Gasteiger partial charge < -0.3 is 8.85 Å². The lowest BCUT2D eigenvalue weighted by atomic mass is 9.50. The molecule has 8 saturated carbocycles. The van der Waals surface area contributed by atoms with Crippen LogP contribution in [0.3, 0.4) is 0 Å². The van der Waals surface area contributed by atoms with Crippen molar-refractivity contribution in [2.24, 2.45) is 76.3 Å². The van der Waals surface area contributed by atoms with Crippen LogP contribution in [0.2, 0.25) is 0 Å². The molecule has 65 heavy (non-hydrogen) atoms. The van der Waals surface area contributed by atoms with Crippen LogP contribution in [0, 0.1) is 46.3 Å². The summed E-state index contributed by atoms with van der Waals surface area (Å²) >= 11 is 0. The van der Waals surface area contributed by atoms with E-state index < -0.39 is 8.88 Å². The Morgan fingerprint density at radius 1 is 0.400 bits per heavy atom. The maximum atomic E-state index is 8.36. The summed E-state index contributed by atoms with van der Waals surface area (Å²) in [6, 6.07) is 34.1. The van der Waals surface area contributed by atoms with E-state index in [2.05, 4.69) is 106 Å². The number of hydrogen-bond acceptors (Lipinski definition) is 8. The quantitative estimate of drug-likeness (QED) is 0.156. The van der Waals surface area contributed by atoms with E-state index in [1.807, 2.05) is 0 Å². The molecule has 0 unspecified atom stereocenters. The van der Waals surface area contributed by atoms with Crippen LogP contribution in [-0.4, -0.2) is 53.9 Å². The second-order valence-electron chi connectivity index (χ2n) is 22.1. The molecule has 0 N–H and O–H groups in total. The van der Waals surface area contributed by atoms with Gasteiger partial charge in [-0.15, -0.1) is 0 Å². The summed E-state index contributed by atoms with van der Waals surface area (Å²) < 4.78 is 21.4. The number of fused-ring (bicyclic) bond motifs is 14. The van der Waals surface area contributed by atoms with Crippen molar-refractivity contribution in [3.05, 3.63) is 130 Å². The highest BCUT2D eigenvalue weighted by Crippen LogP contribution is 2.62. The molecule has 322 valence electrons. The zero-order valence-electron chi connectivity index (χ0n) is 36.5. The first kappa shape index (κ1) is 36.6. The maximum Gasteiger partial charge on any atom is 0.603 e. The Morgan fingerprint density at radius 2 is 0.723 bits per heavy atom. The zero-order chi connectivity index (χ0) is 42.2. The van der Waals surface area contributed by atoms with Crippen molar-refractivity contribution in [1.29, 1.82) is 0 Å². The van der Waals surface area contributed by atoms with Crippen LogP contribution < -0.4 is 11.0 Å². The van der Waals surface area contributed by atoms with Gasteiger partial charge in [0.15, 0.2) is 23.3 Å². The lowest BCUT2D eigenvalue weighted by Gasteiger charge is -2.58. The van der Waals surface area contributed by atoms with Crippen LogP contribution >= 0.6 is 0 Å². The Morgan fingerprint density at radius 3 is 1.09 bits per heavy atom. The molecule has 11 heteroatoms. The van der Waals surface area contributed by atoms with Crippen LogP contribution in [0.1, 0.15) is 99.3 Å². The van der Waals surface area contributed by atoms with Crippen LogP contribution in [0.15, 0.2) is 127 Å². The van der Waals surface area contributed by atoms with Gasteiger partial charge in [0.2, 0.25) is 0 Å². The predicted octanol–water partition coefficient (Wildman–Crippen LogP) is 9.84. The number of nitrogens with zero attached hydrogens (tertiary/aromatic N) is 8. The molecule has 0 spiro atoms.